The molecule has 0 spiro atoms. The molecule has 0 aromatic heterocycles. The van der Waals surface area contributed by atoms with Gasteiger partial charge >= 0.3 is 11.9 Å². The minimum absolute atomic E-state index is 0.0671. The van der Waals surface area contributed by atoms with Crippen LogP contribution >= 0.6 is 0 Å². The quantitative estimate of drug-likeness (QED) is 0.679. The second-order valence-electron chi connectivity index (χ2n) is 4.73. The van der Waals surface area contributed by atoms with Gasteiger partial charge in [0.2, 0.25) is 0 Å². The van der Waals surface area contributed by atoms with Gasteiger partial charge in [-0.2, -0.15) is 0 Å². The van der Waals surface area contributed by atoms with E-state index in [1.165, 1.54) is 24.3 Å². The summed E-state index contributed by atoms with van der Waals surface area (Å²) in [4.78, 5) is 20.9. The van der Waals surface area contributed by atoms with E-state index in [0.717, 1.165) is 0 Å². The number of carbonyl (C=O) groups is 2. The van der Waals surface area contributed by atoms with E-state index >= 15 is 0 Å². The lowest BCUT2D eigenvalue weighted by Gasteiger charge is -2.29. The summed E-state index contributed by atoms with van der Waals surface area (Å²) in [5.74, 6) is -3.11. The van der Waals surface area contributed by atoms with Crippen molar-refractivity contribution >= 4 is 11.9 Å². The molecular formula is C16H18O6. The summed E-state index contributed by atoms with van der Waals surface area (Å²) >= 11 is 0. The van der Waals surface area contributed by atoms with Gasteiger partial charge in [-0.25, -0.2) is 4.79 Å². The molecule has 2 rings (SSSR count). The van der Waals surface area contributed by atoms with Crippen LogP contribution < -0.4 is 0 Å². The molecule has 6 nitrogen and oxygen atoms in total. The van der Waals surface area contributed by atoms with Crippen LogP contribution in [0.5, 0.6) is 5.75 Å². The SMILES string of the molecule is CCC1(O)C=CC=CC1C(=O)O.O=C(O)c1ccccc1O. The lowest BCUT2D eigenvalue weighted by Crippen LogP contribution is -2.40. The van der Waals surface area contributed by atoms with Crippen molar-refractivity contribution in [2.45, 2.75) is 18.9 Å². The molecule has 1 aliphatic rings. The number of allylic oxidation sites excluding steroid dienone is 2. The number of aromatic carboxylic acids is 1. The molecule has 0 amide bonds. The number of phenols is 1. The van der Waals surface area contributed by atoms with Crippen molar-refractivity contribution < 1.29 is 30.0 Å². The van der Waals surface area contributed by atoms with Gasteiger partial charge < -0.3 is 20.4 Å². The molecule has 2 atom stereocenters. The predicted molar refractivity (Wildman–Crippen MR) is 79.7 cm³/mol. The van der Waals surface area contributed by atoms with Crippen LogP contribution in [0.4, 0.5) is 0 Å². The summed E-state index contributed by atoms with van der Waals surface area (Å²) in [6, 6.07) is 5.81. The predicted octanol–water partition coefficient (Wildman–Crippen LogP) is 2.04. The van der Waals surface area contributed by atoms with E-state index < -0.39 is 23.5 Å². The van der Waals surface area contributed by atoms with E-state index in [1.807, 2.05) is 0 Å². The zero-order valence-electron chi connectivity index (χ0n) is 12.0. The number of benzene rings is 1. The molecular weight excluding hydrogens is 288 g/mol. The van der Waals surface area contributed by atoms with Crippen LogP contribution in [0, 0.1) is 5.92 Å². The molecule has 0 radical (unpaired) electrons. The van der Waals surface area contributed by atoms with E-state index in [9.17, 15) is 14.7 Å². The highest BCUT2D eigenvalue weighted by Gasteiger charge is 2.37. The lowest BCUT2D eigenvalue weighted by molar-refractivity contribution is -0.146. The Labute approximate surface area is 127 Å². The first-order chi connectivity index (χ1) is 10.3. The van der Waals surface area contributed by atoms with Crippen molar-refractivity contribution in [1.29, 1.82) is 0 Å². The number of carboxylic acids is 2. The van der Waals surface area contributed by atoms with Gasteiger partial charge in [0.1, 0.15) is 17.2 Å². The Morgan fingerprint density at radius 3 is 2.23 bits per heavy atom. The Morgan fingerprint density at radius 1 is 1.18 bits per heavy atom. The monoisotopic (exact) mass is 306 g/mol. The van der Waals surface area contributed by atoms with Crippen LogP contribution in [0.25, 0.3) is 0 Å². The van der Waals surface area contributed by atoms with Crippen LogP contribution in [-0.2, 0) is 4.79 Å². The van der Waals surface area contributed by atoms with E-state index in [-0.39, 0.29) is 11.3 Å². The molecule has 0 heterocycles. The van der Waals surface area contributed by atoms with Crippen LogP contribution in [0.1, 0.15) is 23.7 Å². The lowest BCUT2D eigenvalue weighted by atomic mass is 9.82. The van der Waals surface area contributed by atoms with Crippen LogP contribution in [0.3, 0.4) is 0 Å². The maximum atomic E-state index is 10.7. The summed E-state index contributed by atoms with van der Waals surface area (Å²) in [6.45, 7) is 1.76. The van der Waals surface area contributed by atoms with E-state index in [0.29, 0.717) is 6.42 Å². The first kappa shape index (κ1) is 17.5. The Bertz CT molecular complexity index is 604. The highest BCUT2D eigenvalue weighted by atomic mass is 16.4. The number of hydrogen-bond donors (Lipinski definition) is 4. The average molecular weight is 306 g/mol. The summed E-state index contributed by atoms with van der Waals surface area (Å²) in [5.41, 5.74) is -1.27. The number of rotatable bonds is 3. The number of aliphatic carboxylic acids is 1. The molecule has 0 fully saturated rings. The summed E-state index contributed by atoms with van der Waals surface area (Å²) < 4.78 is 0. The Hall–Kier alpha value is -2.60. The first-order valence-corrected chi connectivity index (χ1v) is 6.64. The second kappa shape index (κ2) is 7.42. The molecule has 6 heteroatoms. The topological polar surface area (TPSA) is 115 Å². The fourth-order valence-corrected chi connectivity index (χ4v) is 1.96. The third kappa shape index (κ3) is 4.20. The fraction of sp³-hybridized carbons (Fsp3) is 0.250. The van der Waals surface area contributed by atoms with Gasteiger partial charge in [-0.05, 0) is 18.6 Å². The normalized spacial score (nSPS) is 22.5. The summed E-state index contributed by atoms with van der Waals surface area (Å²) in [7, 11) is 0. The van der Waals surface area contributed by atoms with Crippen molar-refractivity contribution in [2.24, 2.45) is 5.92 Å². The number of para-hydroxylation sites is 1. The van der Waals surface area contributed by atoms with Crippen molar-refractivity contribution in [3.05, 3.63) is 54.1 Å². The standard InChI is InChI=1S/C9H12O3.C7H6O3/c1-2-9(12)6-4-3-5-7(9)8(10)11;8-6-4-2-1-3-5(6)7(9)10/h3-7,12H,2H2,1H3,(H,10,11);1-4,8H,(H,9,10). The van der Waals surface area contributed by atoms with E-state index in [2.05, 4.69) is 0 Å². The van der Waals surface area contributed by atoms with E-state index in [4.69, 9.17) is 15.3 Å². The number of aromatic hydroxyl groups is 1. The Kier molecular flexibility index (Phi) is 5.89. The Balaban J connectivity index is 0.000000224. The van der Waals surface area contributed by atoms with Crippen molar-refractivity contribution in [3.63, 3.8) is 0 Å². The van der Waals surface area contributed by atoms with Crippen molar-refractivity contribution in [2.75, 3.05) is 0 Å². The fourth-order valence-electron chi connectivity index (χ4n) is 1.96. The second-order valence-corrected chi connectivity index (χ2v) is 4.73. The Morgan fingerprint density at radius 2 is 1.82 bits per heavy atom. The summed E-state index contributed by atoms with van der Waals surface area (Å²) in [6.07, 6.45) is 6.76. The van der Waals surface area contributed by atoms with Gasteiger partial charge in [-0.3, -0.25) is 4.79 Å². The van der Waals surface area contributed by atoms with Gasteiger partial charge in [-0.15, -0.1) is 0 Å². The molecule has 4 N–H and O–H groups in total. The van der Waals surface area contributed by atoms with Crippen molar-refractivity contribution in [1.82, 2.24) is 0 Å². The molecule has 118 valence electrons. The largest absolute Gasteiger partial charge is 0.507 e. The van der Waals surface area contributed by atoms with Gasteiger partial charge in [0, 0.05) is 0 Å². The maximum absolute atomic E-state index is 10.7. The molecule has 0 bridgehead atoms. The first-order valence-electron chi connectivity index (χ1n) is 6.64. The molecule has 22 heavy (non-hydrogen) atoms. The molecule has 1 aromatic rings. The van der Waals surface area contributed by atoms with Gasteiger partial charge in [0.15, 0.2) is 0 Å². The highest BCUT2D eigenvalue weighted by molar-refractivity contribution is 5.90. The van der Waals surface area contributed by atoms with E-state index in [1.54, 1.807) is 31.2 Å². The maximum Gasteiger partial charge on any atom is 0.339 e. The zero-order valence-corrected chi connectivity index (χ0v) is 12.0. The molecule has 2 unspecified atom stereocenters. The molecule has 1 aromatic carbocycles. The molecule has 1 aliphatic carbocycles. The van der Waals surface area contributed by atoms with Gasteiger partial charge in [0.05, 0.1) is 5.60 Å². The van der Waals surface area contributed by atoms with Crippen LogP contribution in [0.15, 0.2) is 48.6 Å². The minimum Gasteiger partial charge on any atom is -0.507 e. The average Bonchev–Trinajstić information content (AvgIpc) is 2.48. The third-order valence-electron chi connectivity index (χ3n) is 3.30. The van der Waals surface area contributed by atoms with Gasteiger partial charge in [0.25, 0.3) is 0 Å². The van der Waals surface area contributed by atoms with Gasteiger partial charge in [-0.1, -0.05) is 43.4 Å². The number of aliphatic hydroxyl groups is 1. The minimum atomic E-state index is -1.21. The van der Waals surface area contributed by atoms with Crippen molar-refractivity contribution in [3.8, 4) is 5.75 Å². The third-order valence-corrected chi connectivity index (χ3v) is 3.30. The number of hydrogen-bond acceptors (Lipinski definition) is 4. The molecule has 0 saturated heterocycles. The number of carboxylic acid groups (broad SMARTS) is 2. The van der Waals surface area contributed by atoms with Crippen LogP contribution in [0.2, 0.25) is 0 Å². The molecule has 0 aliphatic heterocycles. The smallest absolute Gasteiger partial charge is 0.339 e. The van der Waals surface area contributed by atoms with Crippen LogP contribution in [-0.4, -0.2) is 38.0 Å². The zero-order chi connectivity index (χ0) is 16.8. The molecule has 0 saturated carbocycles. The highest BCUT2D eigenvalue weighted by Crippen LogP contribution is 2.27. The summed E-state index contributed by atoms with van der Waals surface area (Å²) in [5, 5.41) is 35.9.